The highest BCUT2D eigenvalue weighted by molar-refractivity contribution is 5.69. The van der Waals surface area contributed by atoms with Crippen molar-refractivity contribution in [1.29, 1.82) is 0 Å². The molecule has 0 aliphatic rings. The molecule has 0 bridgehead atoms. The van der Waals surface area contributed by atoms with E-state index in [0.717, 1.165) is 6.42 Å². The molecule has 0 aromatic carbocycles. The molecule has 0 unspecified atom stereocenters. The maximum absolute atomic E-state index is 11.1. The number of ether oxygens (including phenoxy) is 1. The molecule has 72 valence electrons. The fraction of sp³-hybridized carbons (Fsp3) is 0.889. The molecule has 12 heavy (non-hydrogen) atoms. The summed E-state index contributed by atoms with van der Waals surface area (Å²) in [7, 11) is 0. The molecule has 0 aliphatic heterocycles. The number of nitrogens with two attached hydrogens (primary N) is 1. The second kappa shape index (κ2) is 5.14. The first-order valence-corrected chi connectivity index (χ1v) is 4.43. The minimum absolute atomic E-state index is 0.146. The standard InChI is InChI=1S/C9H19NO2/c1-4-9(2,3)12-8(11)6-5-7-10/h4-7,10H2,1-3H3. The average molecular weight is 173 g/mol. The lowest BCUT2D eigenvalue weighted by atomic mass is 10.1. The van der Waals surface area contributed by atoms with Gasteiger partial charge in [0, 0.05) is 6.42 Å². The predicted molar refractivity (Wildman–Crippen MR) is 48.8 cm³/mol. The summed E-state index contributed by atoms with van der Waals surface area (Å²) in [5.41, 5.74) is 4.94. The Morgan fingerprint density at radius 2 is 2.08 bits per heavy atom. The fourth-order valence-corrected chi connectivity index (χ4v) is 0.678. The van der Waals surface area contributed by atoms with Crippen molar-refractivity contribution in [1.82, 2.24) is 0 Å². The lowest BCUT2D eigenvalue weighted by Crippen LogP contribution is -2.27. The summed E-state index contributed by atoms with van der Waals surface area (Å²) in [6, 6.07) is 0. The first-order valence-electron chi connectivity index (χ1n) is 4.43. The summed E-state index contributed by atoms with van der Waals surface area (Å²) in [6.45, 7) is 6.36. The van der Waals surface area contributed by atoms with Crippen LogP contribution in [-0.4, -0.2) is 18.1 Å². The van der Waals surface area contributed by atoms with Gasteiger partial charge in [-0.15, -0.1) is 0 Å². The van der Waals surface area contributed by atoms with E-state index in [4.69, 9.17) is 10.5 Å². The van der Waals surface area contributed by atoms with Crippen molar-refractivity contribution in [2.75, 3.05) is 6.54 Å². The molecule has 3 nitrogen and oxygen atoms in total. The Morgan fingerprint density at radius 1 is 1.50 bits per heavy atom. The molecule has 0 aromatic heterocycles. The number of rotatable bonds is 5. The van der Waals surface area contributed by atoms with Crippen LogP contribution in [0, 0.1) is 0 Å². The van der Waals surface area contributed by atoms with Crippen LogP contribution in [0.3, 0.4) is 0 Å². The second-order valence-electron chi connectivity index (χ2n) is 3.48. The first-order chi connectivity index (χ1) is 5.52. The molecule has 0 heterocycles. The highest BCUT2D eigenvalue weighted by Crippen LogP contribution is 2.14. The Bertz CT molecular complexity index is 143. The number of carbonyl (C=O) groups is 1. The fourth-order valence-electron chi connectivity index (χ4n) is 0.678. The van der Waals surface area contributed by atoms with E-state index in [1.807, 2.05) is 20.8 Å². The summed E-state index contributed by atoms with van der Waals surface area (Å²) < 4.78 is 5.19. The van der Waals surface area contributed by atoms with E-state index in [-0.39, 0.29) is 11.6 Å². The van der Waals surface area contributed by atoms with Crippen LogP contribution in [0.15, 0.2) is 0 Å². The van der Waals surface area contributed by atoms with Crippen molar-refractivity contribution in [2.45, 2.75) is 45.6 Å². The molecule has 0 fully saturated rings. The van der Waals surface area contributed by atoms with Crippen molar-refractivity contribution in [3.8, 4) is 0 Å². The Kier molecular flexibility index (Phi) is 4.90. The molecule has 0 aliphatic carbocycles. The van der Waals surface area contributed by atoms with Crippen LogP contribution >= 0.6 is 0 Å². The van der Waals surface area contributed by atoms with E-state index in [2.05, 4.69) is 0 Å². The van der Waals surface area contributed by atoms with E-state index in [0.29, 0.717) is 19.4 Å². The van der Waals surface area contributed by atoms with Gasteiger partial charge in [-0.2, -0.15) is 0 Å². The predicted octanol–water partition coefficient (Wildman–Crippen LogP) is 1.46. The van der Waals surface area contributed by atoms with Crippen LogP contribution in [0.4, 0.5) is 0 Å². The van der Waals surface area contributed by atoms with Gasteiger partial charge in [0.2, 0.25) is 0 Å². The quantitative estimate of drug-likeness (QED) is 0.640. The molecule has 0 aromatic rings. The first kappa shape index (κ1) is 11.4. The molecular formula is C9H19NO2. The van der Waals surface area contributed by atoms with Crippen molar-refractivity contribution < 1.29 is 9.53 Å². The van der Waals surface area contributed by atoms with Crippen molar-refractivity contribution in [3.05, 3.63) is 0 Å². The maximum atomic E-state index is 11.1. The minimum Gasteiger partial charge on any atom is -0.460 e. The maximum Gasteiger partial charge on any atom is 0.306 e. The number of hydrogen-bond acceptors (Lipinski definition) is 3. The van der Waals surface area contributed by atoms with Gasteiger partial charge in [0.05, 0.1) is 0 Å². The molecule has 0 atom stereocenters. The van der Waals surface area contributed by atoms with Crippen LogP contribution in [0.2, 0.25) is 0 Å². The van der Waals surface area contributed by atoms with Gasteiger partial charge in [0.15, 0.2) is 0 Å². The second-order valence-corrected chi connectivity index (χ2v) is 3.48. The zero-order chi connectivity index (χ0) is 9.61. The van der Waals surface area contributed by atoms with Gasteiger partial charge in [-0.25, -0.2) is 0 Å². The average Bonchev–Trinajstić information content (AvgIpc) is 2.00. The summed E-state index contributed by atoms with van der Waals surface area (Å²) in [5.74, 6) is -0.146. The molecule has 0 saturated carbocycles. The van der Waals surface area contributed by atoms with E-state index >= 15 is 0 Å². The molecule has 0 rings (SSSR count). The van der Waals surface area contributed by atoms with Crippen molar-refractivity contribution >= 4 is 5.97 Å². The SMILES string of the molecule is CCC(C)(C)OC(=O)CCCN. The molecule has 2 N–H and O–H groups in total. The highest BCUT2D eigenvalue weighted by Gasteiger charge is 2.19. The van der Waals surface area contributed by atoms with E-state index < -0.39 is 0 Å². The topological polar surface area (TPSA) is 52.3 Å². The molecule has 0 spiro atoms. The Morgan fingerprint density at radius 3 is 2.50 bits per heavy atom. The summed E-state index contributed by atoms with van der Waals surface area (Å²) in [5, 5.41) is 0. The van der Waals surface area contributed by atoms with Crippen molar-refractivity contribution in [2.24, 2.45) is 5.73 Å². The monoisotopic (exact) mass is 173 g/mol. The molecule has 0 radical (unpaired) electrons. The van der Waals surface area contributed by atoms with Crippen LogP contribution < -0.4 is 5.73 Å². The zero-order valence-electron chi connectivity index (χ0n) is 8.22. The van der Waals surface area contributed by atoms with Gasteiger partial charge in [0.25, 0.3) is 0 Å². The highest BCUT2D eigenvalue weighted by atomic mass is 16.6. The normalized spacial score (nSPS) is 11.3. The van der Waals surface area contributed by atoms with Crippen molar-refractivity contribution in [3.63, 3.8) is 0 Å². The number of hydrogen-bond donors (Lipinski definition) is 1. The van der Waals surface area contributed by atoms with Crippen LogP contribution in [0.5, 0.6) is 0 Å². The molecular weight excluding hydrogens is 154 g/mol. The lowest BCUT2D eigenvalue weighted by Gasteiger charge is -2.23. The molecule has 3 heteroatoms. The largest absolute Gasteiger partial charge is 0.460 e. The van der Waals surface area contributed by atoms with Gasteiger partial charge >= 0.3 is 5.97 Å². The summed E-state index contributed by atoms with van der Waals surface area (Å²) in [4.78, 5) is 11.1. The van der Waals surface area contributed by atoms with Gasteiger partial charge < -0.3 is 10.5 Å². The summed E-state index contributed by atoms with van der Waals surface area (Å²) in [6.07, 6.45) is 1.97. The summed E-state index contributed by atoms with van der Waals surface area (Å²) >= 11 is 0. The van der Waals surface area contributed by atoms with Gasteiger partial charge in [0.1, 0.15) is 5.60 Å². The smallest absolute Gasteiger partial charge is 0.306 e. The Hall–Kier alpha value is -0.570. The molecule has 0 saturated heterocycles. The third-order valence-corrected chi connectivity index (χ3v) is 1.83. The van der Waals surface area contributed by atoms with E-state index in [9.17, 15) is 4.79 Å². The molecule has 0 amide bonds. The number of esters is 1. The van der Waals surface area contributed by atoms with Crippen LogP contribution in [0.25, 0.3) is 0 Å². The Balaban J connectivity index is 3.68. The Labute approximate surface area is 74.3 Å². The van der Waals surface area contributed by atoms with Crippen LogP contribution in [-0.2, 0) is 9.53 Å². The van der Waals surface area contributed by atoms with E-state index in [1.165, 1.54) is 0 Å². The van der Waals surface area contributed by atoms with Gasteiger partial charge in [-0.3, -0.25) is 4.79 Å². The van der Waals surface area contributed by atoms with Gasteiger partial charge in [-0.1, -0.05) is 6.92 Å². The minimum atomic E-state index is -0.328. The third-order valence-electron chi connectivity index (χ3n) is 1.83. The third kappa shape index (κ3) is 5.13. The van der Waals surface area contributed by atoms with E-state index in [1.54, 1.807) is 0 Å². The number of carbonyl (C=O) groups excluding carboxylic acids is 1. The van der Waals surface area contributed by atoms with Gasteiger partial charge in [-0.05, 0) is 33.2 Å². The zero-order valence-corrected chi connectivity index (χ0v) is 8.22. The lowest BCUT2D eigenvalue weighted by molar-refractivity contribution is -0.156. The van der Waals surface area contributed by atoms with Crippen LogP contribution in [0.1, 0.15) is 40.0 Å².